The summed E-state index contributed by atoms with van der Waals surface area (Å²) in [6.45, 7) is 18.9. The highest BCUT2D eigenvalue weighted by molar-refractivity contribution is 4.96. The van der Waals surface area contributed by atoms with E-state index in [1.807, 2.05) is 0 Å². The van der Waals surface area contributed by atoms with E-state index < -0.39 is 0 Å². The third-order valence-corrected chi connectivity index (χ3v) is 6.71. The molecule has 2 heteroatoms. The van der Waals surface area contributed by atoms with Crippen molar-refractivity contribution in [1.82, 2.24) is 0 Å². The normalized spacial score (nSPS) is 15.3. The van der Waals surface area contributed by atoms with Gasteiger partial charge in [0.15, 0.2) is 0 Å². The van der Waals surface area contributed by atoms with E-state index in [1.54, 1.807) is 0 Å². The molecule has 1 unspecified atom stereocenters. The Kier molecular flexibility index (Phi) is 8.49. The van der Waals surface area contributed by atoms with Crippen LogP contribution >= 0.6 is 0 Å². The summed E-state index contributed by atoms with van der Waals surface area (Å²) >= 11 is 0. The molecule has 0 aliphatic carbocycles. The van der Waals surface area contributed by atoms with Crippen LogP contribution in [0.4, 0.5) is 0 Å². The molecular formula is C19H41NO. The van der Waals surface area contributed by atoms with Gasteiger partial charge in [-0.25, -0.2) is 0 Å². The third-order valence-electron chi connectivity index (χ3n) is 6.71. The van der Waals surface area contributed by atoms with Crippen molar-refractivity contribution in [3.05, 3.63) is 0 Å². The van der Waals surface area contributed by atoms with Crippen LogP contribution in [0.3, 0.4) is 0 Å². The molecule has 0 heterocycles. The molecule has 0 aliphatic heterocycles. The van der Waals surface area contributed by atoms with Crippen LogP contribution < -0.4 is 5.73 Å². The molecular weight excluding hydrogens is 258 g/mol. The van der Waals surface area contributed by atoms with Gasteiger partial charge in [0.05, 0.1) is 12.2 Å². The first kappa shape index (κ1) is 20.9. The topological polar surface area (TPSA) is 35.2 Å². The van der Waals surface area contributed by atoms with Crippen LogP contribution in [0, 0.1) is 11.3 Å². The van der Waals surface area contributed by atoms with Gasteiger partial charge in [-0.1, -0.05) is 55.4 Å². The quantitative estimate of drug-likeness (QED) is 0.543. The van der Waals surface area contributed by atoms with Crippen LogP contribution in [0.25, 0.3) is 0 Å². The molecule has 0 saturated carbocycles. The summed E-state index contributed by atoms with van der Waals surface area (Å²) in [5, 5.41) is 0. The maximum atomic E-state index is 6.61. The van der Waals surface area contributed by atoms with Gasteiger partial charge in [-0.3, -0.25) is 0 Å². The lowest BCUT2D eigenvalue weighted by Crippen LogP contribution is -2.51. The van der Waals surface area contributed by atoms with Crippen molar-refractivity contribution in [3.63, 3.8) is 0 Å². The fourth-order valence-electron chi connectivity index (χ4n) is 3.77. The van der Waals surface area contributed by atoms with Crippen LogP contribution in [-0.2, 0) is 4.74 Å². The lowest BCUT2D eigenvalue weighted by atomic mass is 9.66. The SMILES string of the molecule is CCC(N)(CC)C(C)COC(CC)(CC)C(C)(CC)CC. The van der Waals surface area contributed by atoms with E-state index in [-0.39, 0.29) is 16.6 Å². The van der Waals surface area contributed by atoms with Crippen LogP contribution in [-0.4, -0.2) is 17.7 Å². The standard InChI is InChI=1S/C19H41NO/c1-9-17(8,10-2)19(13-5,14-6)21-15-16(7)18(20,11-3)12-4/h16H,9-15,20H2,1-8H3. The zero-order valence-electron chi connectivity index (χ0n) is 16.0. The largest absolute Gasteiger partial charge is 0.374 e. The fourth-order valence-corrected chi connectivity index (χ4v) is 3.77. The molecule has 0 aromatic rings. The summed E-state index contributed by atoms with van der Waals surface area (Å²) in [6, 6.07) is 0. The van der Waals surface area contributed by atoms with E-state index in [4.69, 9.17) is 10.5 Å². The first-order valence-corrected chi connectivity index (χ1v) is 9.17. The Morgan fingerprint density at radius 2 is 1.24 bits per heavy atom. The maximum absolute atomic E-state index is 6.61. The minimum atomic E-state index is -0.0952. The second-order valence-corrected chi connectivity index (χ2v) is 7.12. The molecule has 1 atom stereocenters. The van der Waals surface area contributed by atoms with E-state index in [9.17, 15) is 0 Å². The van der Waals surface area contributed by atoms with E-state index in [1.165, 1.54) is 0 Å². The van der Waals surface area contributed by atoms with Crippen molar-refractivity contribution < 1.29 is 4.74 Å². The number of hydrogen-bond donors (Lipinski definition) is 1. The monoisotopic (exact) mass is 299 g/mol. The highest BCUT2D eigenvalue weighted by Gasteiger charge is 2.45. The summed E-state index contributed by atoms with van der Waals surface area (Å²) in [5.74, 6) is 0.392. The van der Waals surface area contributed by atoms with Crippen LogP contribution in [0.15, 0.2) is 0 Å². The molecule has 128 valence electrons. The van der Waals surface area contributed by atoms with E-state index >= 15 is 0 Å². The zero-order chi connectivity index (χ0) is 16.7. The Hall–Kier alpha value is -0.0800. The molecule has 0 aliphatic rings. The Morgan fingerprint density at radius 3 is 1.52 bits per heavy atom. The fraction of sp³-hybridized carbons (Fsp3) is 1.00. The van der Waals surface area contributed by atoms with Crippen molar-refractivity contribution >= 4 is 0 Å². The minimum absolute atomic E-state index is 0.0207. The lowest BCUT2D eigenvalue weighted by Gasteiger charge is -2.49. The van der Waals surface area contributed by atoms with Crippen molar-refractivity contribution in [2.24, 2.45) is 17.1 Å². The minimum Gasteiger partial charge on any atom is -0.374 e. The third kappa shape index (κ3) is 4.22. The molecule has 0 spiro atoms. The summed E-state index contributed by atoms with van der Waals surface area (Å²) in [7, 11) is 0. The Balaban J connectivity index is 5.12. The number of nitrogens with two attached hydrogens (primary N) is 1. The number of ether oxygens (including phenoxy) is 1. The molecule has 0 bridgehead atoms. The van der Waals surface area contributed by atoms with Crippen molar-refractivity contribution in [1.29, 1.82) is 0 Å². The smallest absolute Gasteiger partial charge is 0.0730 e. The molecule has 0 aromatic carbocycles. The van der Waals surface area contributed by atoms with Crippen LogP contribution in [0.2, 0.25) is 0 Å². The summed E-state index contributed by atoms with van der Waals surface area (Å²) < 4.78 is 6.61. The van der Waals surface area contributed by atoms with Crippen LogP contribution in [0.5, 0.6) is 0 Å². The van der Waals surface area contributed by atoms with E-state index in [0.29, 0.717) is 5.92 Å². The molecule has 0 saturated heterocycles. The van der Waals surface area contributed by atoms with Gasteiger partial charge in [0.1, 0.15) is 0 Å². The molecule has 0 aromatic heterocycles. The van der Waals surface area contributed by atoms with Gasteiger partial charge in [0, 0.05) is 5.54 Å². The van der Waals surface area contributed by atoms with Crippen LogP contribution in [0.1, 0.15) is 93.9 Å². The van der Waals surface area contributed by atoms with Crippen molar-refractivity contribution in [3.8, 4) is 0 Å². The second-order valence-electron chi connectivity index (χ2n) is 7.12. The van der Waals surface area contributed by atoms with E-state index in [2.05, 4.69) is 55.4 Å². The molecule has 0 fully saturated rings. The maximum Gasteiger partial charge on any atom is 0.0730 e. The summed E-state index contributed by atoms with van der Waals surface area (Å²) in [4.78, 5) is 0. The molecule has 0 rings (SSSR count). The zero-order valence-corrected chi connectivity index (χ0v) is 16.0. The lowest BCUT2D eigenvalue weighted by molar-refractivity contribution is -0.151. The highest BCUT2D eigenvalue weighted by atomic mass is 16.5. The first-order chi connectivity index (χ1) is 9.74. The van der Waals surface area contributed by atoms with Gasteiger partial charge < -0.3 is 10.5 Å². The molecule has 0 amide bonds. The summed E-state index contributed by atoms with van der Waals surface area (Å²) in [6.07, 6.45) is 6.49. The van der Waals surface area contributed by atoms with Gasteiger partial charge in [-0.2, -0.15) is 0 Å². The van der Waals surface area contributed by atoms with Gasteiger partial charge in [-0.15, -0.1) is 0 Å². The molecule has 21 heavy (non-hydrogen) atoms. The Labute approximate surface area is 134 Å². The van der Waals surface area contributed by atoms with Gasteiger partial charge in [-0.05, 0) is 49.9 Å². The average molecular weight is 300 g/mol. The predicted molar refractivity (Wildman–Crippen MR) is 94.6 cm³/mol. The number of hydrogen-bond acceptors (Lipinski definition) is 2. The second kappa shape index (κ2) is 8.53. The molecule has 0 radical (unpaired) electrons. The highest BCUT2D eigenvalue weighted by Crippen LogP contribution is 2.45. The van der Waals surface area contributed by atoms with Crippen molar-refractivity contribution in [2.75, 3.05) is 6.61 Å². The Bertz CT molecular complexity index is 275. The first-order valence-electron chi connectivity index (χ1n) is 9.17. The van der Waals surface area contributed by atoms with Gasteiger partial charge in [0.25, 0.3) is 0 Å². The van der Waals surface area contributed by atoms with Gasteiger partial charge >= 0.3 is 0 Å². The molecule has 2 N–H and O–H groups in total. The average Bonchev–Trinajstić information content (AvgIpc) is 2.54. The molecule has 2 nitrogen and oxygen atoms in total. The Morgan fingerprint density at radius 1 is 0.810 bits per heavy atom. The number of rotatable bonds is 11. The van der Waals surface area contributed by atoms with Gasteiger partial charge in [0.2, 0.25) is 0 Å². The summed E-state index contributed by atoms with van der Waals surface area (Å²) in [5.41, 5.74) is 6.67. The van der Waals surface area contributed by atoms with E-state index in [0.717, 1.165) is 45.1 Å². The predicted octanol–water partition coefficient (Wildman–Crippen LogP) is 5.54. The van der Waals surface area contributed by atoms with Crippen molar-refractivity contribution in [2.45, 2.75) is 105 Å².